The highest BCUT2D eigenvalue weighted by atomic mass is 16.5. The van der Waals surface area contributed by atoms with Crippen molar-refractivity contribution in [2.75, 3.05) is 14.2 Å². The van der Waals surface area contributed by atoms with Crippen LogP contribution in [0.5, 0.6) is 23.0 Å². The zero-order valence-electron chi connectivity index (χ0n) is 20.7. The molecule has 2 rings (SSSR count). The van der Waals surface area contributed by atoms with Crippen molar-refractivity contribution in [1.29, 1.82) is 0 Å². The lowest BCUT2D eigenvalue weighted by Gasteiger charge is -2.13. The van der Waals surface area contributed by atoms with E-state index in [0.717, 1.165) is 29.4 Å². The SMILES string of the molecule is CCCCCCCCCCCCCCCc1cc(OC)ccc1Oc1ccc(OC)cc1. The molecule has 0 spiro atoms. The van der Waals surface area contributed by atoms with E-state index in [9.17, 15) is 0 Å². The molecule has 0 amide bonds. The molecule has 0 aliphatic carbocycles. The molecular weight excluding hydrogens is 396 g/mol. The van der Waals surface area contributed by atoms with Gasteiger partial charge in [0, 0.05) is 0 Å². The number of rotatable bonds is 18. The molecule has 0 bridgehead atoms. The minimum atomic E-state index is 0.822. The van der Waals surface area contributed by atoms with Gasteiger partial charge in [0.1, 0.15) is 23.0 Å². The Labute approximate surface area is 196 Å². The molecule has 0 saturated carbocycles. The van der Waals surface area contributed by atoms with Crippen molar-refractivity contribution in [2.45, 2.75) is 96.8 Å². The van der Waals surface area contributed by atoms with Gasteiger partial charge >= 0.3 is 0 Å². The van der Waals surface area contributed by atoms with E-state index < -0.39 is 0 Å². The number of hydrogen-bond donors (Lipinski definition) is 0. The fourth-order valence-corrected chi connectivity index (χ4v) is 4.08. The summed E-state index contributed by atoms with van der Waals surface area (Å²) in [6.07, 6.45) is 18.8. The Hall–Kier alpha value is -2.16. The first-order valence-electron chi connectivity index (χ1n) is 12.8. The highest BCUT2D eigenvalue weighted by Crippen LogP contribution is 2.31. The van der Waals surface area contributed by atoms with Gasteiger partial charge in [-0.25, -0.2) is 0 Å². The van der Waals surface area contributed by atoms with E-state index in [4.69, 9.17) is 14.2 Å². The van der Waals surface area contributed by atoms with Crippen molar-refractivity contribution in [3.63, 3.8) is 0 Å². The molecule has 0 aliphatic rings. The second-order valence-electron chi connectivity index (χ2n) is 8.74. The highest BCUT2D eigenvalue weighted by molar-refractivity contribution is 5.43. The van der Waals surface area contributed by atoms with E-state index in [2.05, 4.69) is 13.0 Å². The Kier molecular flexibility index (Phi) is 13.4. The van der Waals surface area contributed by atoms with Crippen molar-refractivity contribution in [3.8, 4) is 23.0 Å². The van der Waals surface area contributed by atoms with E-state index in [1.54, 1.807) is 14.2 Å². The van der Waals surface area contributed by atoms with Gasteiger partial charge in [-0.05, 0) is 60.9 Å². The smallest absolute Gasteiger partial charge is 0.130 e. The summed E-state index contributed by atoms with van der Waals surface area (Å²) in [6, 6.07) is 13.8. The predicted molar refractivity (Wildman–Crippen MR) is 135 cm³/mol. The molecule has 178 valence electrons. The molecular formula is C29H44O3. The second-order valence-corrected chi connectivity index (χ2v) is 8.74. The normalized spacial score (nSPS) is 10.8. The lowest BCUT2D eigenvalue weighted by Crippen LogP contribution is -1.95. The average Bonchev–Trinajstić information content (AvgIpc) is 2.83. The van der Waals surface area contributed by atoms with E-state index in [1.807, 2.05) is 36.4 Å². The van der Waals surface area contributed by atoms with E-state index in [0.29, 0.717) is 0 Å². The lowest BCUT2D eigenvalue weighted by molar-refractivity contribution is 0.409. The van der Waals surface area contributed by atoms with Gasteiger partial charge in [-0.3, -0.25) is 0 Å². The Morgan fingerprint density at radius 2 is 1.00 bits per heavy atom. The van der Waals surface area contributed by atoms with Gasteiger partial charge in [0.2, 0.25) is 0 Å². The fourth-order valence-electron chi connectivity index (χ4n) is 4.08. The van der Waals surface area contributed by atoms with Crippen molar-refractivity contribution < 1.29 is 14.2 Å². The Morgan fingerprint density at radius 3 is 1.53 bits per heavy atom. The summed E-state index contributed by atoms with van der Waals surface area (Å²) in [5.41, 5.74) is 1.21. The second kappa shape index (κ2) is 16.5. The van der Waals surface area contributed by atoms with Crippen molar-refractivity contribution in [2.24, 2.45) is 0 Å². The maximum atomic E-state index is 6.16. The largest absolute Gasteiger partial charge is 0.497 e. The number of benzene rings is 2. The molecule has 0 saturated heterocycles. The topological polar surface area (TPSA) is 27.7 Å². The number of ether oxygens (including phenoxy) is 3. The zero-order chi connectivity index (χ0) is 22.9. The third-order valence-electron chi connectivity index (χ3n) is 6.10. The van der Waals surface area contributed by atoms with Crippen LogP contribution in [0.3, 0.4) is 0 Å². The van der Waals surface area contributed by atoms with Gasteiger partial charge in [-0.15, -0.1) is 0 Å². The number of hydrogen-bond acceptors (Lipinski definition) is 3. The molecule has 2 aromatic carbocycles. The Morgan fingerprint density at radius 1 is 0.531 bits per heavy atom. The summed E-state index contributed by atoms with van der Waals surface area (Å²) in [5.74, 6) is 3.45. The van der Waals surface area contributed by atoms with Crippen LogP contribution in [-0.4, -0.2) is 14.2 Å². The van der Waals surface area contributed by atoms with Crippen LogP contribution in [0, 0.1) is 0 Å². The van der Waals surface area contributed by atoms with Crippen LogP contribution in [0.4, 0.5) is 0 Å². The lowest BCUT2D eigenvalue weighted by atomic mass is 10.0. The third kappa shape index (κ3) is 10.4. The van der Waals surface area contributed by atoms with Crippen LogP contribution in [0.2, 0.25) is 0 Å². The highest BCUT2D eigenvalue weighted by Gasteiger charge is 2.08. The van der Waals surface area contributed by atoms with Gasteiger partial charge < -0.3 is 14.2 Å². The molecule has 3 nitrogen and oxygen atoms in total. The molecule has 0 unspecified atom stereocenters. The Balaban J connectivity index is 1.66. The number of unbranched alkanes of at least 4 members (excludes halogenated alkanes) is 12. The molecule has 3 heteroatoms. The van der Waals surface area contributed by atoms with Crippen molar-refractivity contribution in [3.05, 3.63) is 48.0 Å². The first kappa shape index (κ1) is 26.1. The molecule has 0 fully saturated rings. The minimum absolute atomic E-state index is 0.822. The quantitative estimate of drug-likeness (QED) is 0.216. The van der Waals surface area contributed by atoms with Crippen LogP contribution >= 0.6 is 0 Å². The summed E-state index contributed by atoms with van der Waals surface area (Å²) in [7, 11) is 3.39. The summed E-state index contributed by atoms with van der Waals surface area (Å²) in [5, 5.41) is 0. The van der Waals surface area contributed by atoms with Crippen molar-refractivity contribution in [1.82, 2.24) is 0 Å². The van der Waals surface area contributed by atoms with Gasteiger partial charge in [0.15, 0.2) is 0 Å². The van der Waals surface area contributed by atoms with E-state index in [1.165, 1.54) is 89.0 Å². The maximum absolute atomic E-state index is 6.16. The molecule has 2 aromatic rings. The molecule has 0 aromatic heterocycles. The molecule has 0 radical (unpaired) electrons. The van der Waals surface area contributed by atoms with Gasteiger partial charge in [0.05, 0.1) is 14.2 Å². The molecule has 0 atom stereocenters. The monoisotopic (exact) mass is 440 g/mol. The molecule has 0 N–H and O–H groups in total. The number of aryl methyl sites for hydroxylation is 1. The minimum Gasteiger partial charge on any atom is -0.497 e. The molecule has 32 heavy (non-hydrogen) atoms. The van der Waals surface area contributed by atoms with E-state index >= 15 is 0 Å². The molecule has 0 heterocycles. The van der Waals surface area contributed by atoms with Gasteiger partial charge in [-0.2, -0.15) is 0 Å². The maximum Gasteiger partial charge on any atom is 0.130 e. The summed E-state index contributed by atoms with van der Waals surface area (Å²) in [4.78, 5) is 0. The van der Waals surface area contributed by atoms with Gasteiger partial charge in [0.25, 0.3) is 0 Å². The zero-order valence-corrected chi connectivity index (χ0v) is 20.7. The first-order chi connectivity index (χ1) is 15.8. The molecule has 0 aliphatic heterocycles. The summed E-state index contributed by atoms with van der Waals surface area (Å²) in [6.45, 7) is 2.28. The van der Waals surface area contributed by atoms with Crippen molar-refractivity contribution >= 4 is 0 Å². The number of methoxy groups -OCH3 is 2. The van der Waals surface area contributed by atoms with E-state index in [-0.39, 0.29) is 0 Å². The fraction of sp³-hybridized carbons (Fsp3) is 0.586. The average molecular weight is 441 g/mol. The summed E-state index contributed by atoms with van der Waals surface area (Å²) >= 11 is 0. The van der Waals surface area contributed by atoms with Gasteiger partial charge in [-0.1, -0.05) is 84.0 Å². The van der Waals surface area contributed by atoms with Crippen LogP contribution in [0.15, 0.2) is 42.5 Å². The van der Waals surface area contributed by atoms with Crippen LogP contribution < -0.4 is 14.2 Å². The third-order valence-corrected chi connectivity index (χ3v) is 6.10. The standard InChI is InChI=1S/C29H44O3/c1-4-5-6-7-8-9-10-11-12-13-14-15-16-17-25-24-28(31-3)22-23-29(25)32-27-20-18-26(30-2)19-21-27/h18-24H,4-17H2,1-3H3. The van der Waals surface area contributed by atoms with Crippen LogP contribution in [-0.2, 0) is 6.42 Å². The first-order valence-corrected chi connectivity index (χ1v) is 12.8. The van der Waals surface area contributed by atoms with Crippen LogP contribution in [0.25, 0.3) is 0 Å². The summed E-state index contributed by atoms with van der Waals surface area (Å²) < 4.78 is 16.8. The van der Waals surface area contributed by atoms with Crippen LogP contribution in [0.1, 0.15) is 96.0 Å². The Bertz CT molecular complexity index is 724. The predicted octanol–water partition coefficient (Wildman–Crippen LogP) is 9.13.